The zero-order valence-corrected chi connectivity index (χ0v) is 9.59. The first-order valence-corrected chi connectivity index (χ1v) is 6.18. The van der Waals surface area contributed by atoms with Gasteiger partial charge >= 0.3 is 6.18 Å². The van der Waals surface area contributed by atoms with Crippen LogP contribution in [0.15, 0.2) is 0 Å². The van der Waals surface area contributed by atoms with E-state index in [0.29, 0.717) is 11.8 Å². The first kappa shape index (κ1) is 13.6. The molecule has 1 heterocycles. The van der Waals surface area contributed by atoms with Gasteiger partial charge in [0.15, 0.2) is 0 Å². The van der Waals surface area contributed by atoms with E-state index < -0.39 is 18.6 Å². The third-order valence-electron chi connectivity index (χ3n) is 2.17. The van der Waals surface area contributed by atoms with Gasteiger partial charge in [0.2, 0.25) is 5.91 Å². The van der Waals surface area contributed by atoms with Crippen molar-refractivity contribution in [3.05, 3.63) is 0 Å². The summed E-state index contributed by atoms with van der Waals surface area (Å²) in [4.78, 5) is 11.0. The van der Waals surface area contributed by atoms with E-state index in [-0.39, 0.29) is 6.54 Å². The molecule has 3 nitrogen and oxygen atoms in total. The molecule has 7 heteroatoms. The summed E-state index contributed by atoms with van der Waals surface area (Å²) >= 11 is 1.84. The molecule has 16 heavy (non-hydrogen) atoms. The molecule has 1 aliphatic heterocycles. The van der Waals surface area contributed by atoms with Crippen molar-refractivity contribution in [3.8, 4) is 0 Å². The third kappa shape index (κ3) is 6.22. The van der Waals surface area contributed by atoms with E-state index >= 15 is 0 Å². The van der Waals surface area contributed by atoms with Crippen LogP contribution in [0.25, 0.3) is 0 Å². The van der Waals surface area contributed by atoms with Crippen LogP contribution in [0, 0.1) is 0 Å². The summed E-state index contributed by atoms with van der Waals surface area (Å²) in [6.07, 6.45) is -2.05. The fraction of sp³-hybridized carbons (Fsp3) is 0.889. The molecule has 0 aliphatic carbocycles. The average molecular weight is 256 g/mol. The smallest absolute Gasteiger partial charge is 0.346 e. The Morgan fingerprint density at radius 3 is 2.75 bits per heavy atom. The van der Waals surface area contributed by atoms with E-state index in [2.05, 4.69) is 5.32 Å². The van der Waals surface area contributed by atoms with Gasteiger partial charge in [0, 0.05) is 11.8 Å². The lowest BCUT2D eigenvalue weighted by molar-refractivity contribution is -0.137. The third-order valence-corrected chi connectivity index (χ3v) is 3.57. The number of thioether (sulfide) groups is 1. The summed E-state index contributed by atoms with van der Waals surface area (Å²) in [6.45, 7) is -0.622. The molecular weight excluding hydrogens is 241 g/mol. The van der Waals surface area contributed by atoms with Gasteiger partial charge in [-0.25, -0.2) is 0 Å². The maximum Gasteiger partial charge on any atom is 0.405 e. The highest BCUT2D eigenvalue weighted by Gasteiger charge is 2.27. The number of alkyl halides is 3. The summed E-state index contributed by atoms with van der Waals surface area (Å²) in [6, 6.07) is 0. The van der Waals surface area contributed by atoms with Gasteiger partial charge in [-0.15, -0.1) is 0 Å². The van der Waals surface area contributed by atoms with Gasteiger partial charge in [0.25, 0.3) is 0 Å². The predicted molar refractivity (Wildman–Crippen MR) is 57.4 cm³/mol. The van der Waals surface area contributed by atoms with E-state index in [1.54, 1.807) is 0 Å². The topological polar surface area (TPSA) is 41.1 Å². The minimum absolute atomic E-state index is 0.0485. The lowest BCUT2D eigenvalue weighted by atomic mass is 10.2. The van der Waals surface area contributed by atoms with Crippen molar-refractivity contribution in [1.82, 2.24) is 10.6 Å². The van der Waals surface area contributed by atoms with Crippen molar-refractivity contribution in [3.63, 3.8) is 0 Å². The van der Waals surface area contributed by atoms with E-state index in [1.807, 2.05) is 17.1 Å². The van der Waals surface area contributed by atoms with Crippen molar-refractivity contribution in [1.29, 1.82) is 0 Å². The van der Waals surface area contributed by atoms with Crippen LogP contribution in [0.2, 0.25) is 0 Å². The lowest BCUT2D eigenvalue weighted by Crippen LogP contribution is -2.40. The molecule has 0 saturated carbocycles. The Hall–Kier alpha value is -0.430. The molecule has 0 aromatic carbocycles. The van der Waals surface area contributed by atoms with Crippen LogP contribution in [-0.2, 0) is 4.79 Å². The second kappa shape index (κ2) is 6.34. The number of hydrogen-bond acceptors (Lipinski definition) is 3. The molecule has 0 radical (unpaired) electrons. The zero-order valence-electron chi connectivity index (χ0n) is 8.77. The molecule has 0 aromatic heterocycles. The van der Waals surface area contributed by atoms with Crippen molar-refractivity contribution in [2.75, 3.05) is 25.4 Å². The van der Waals surface area contributed by atoms with Crippen LogP contribution >= 0.6 is 11.8 Å². The van der Waals surface area contributed by atoms with Crippen molar-refractivity contribution in [2.24, 2.45) is 0 Å². The highest BCUT2D eigenvalue weighted by Crippen LogP contribution is 2.25. The maximum atomic E-state index is 11.7. The standard InChI is InChI=1S/C9H15F3N2OS/c10-9(11,12)6-14-8(15)5-13-4-7-2-1-3-16-7/h7,13H,1-6H2,(H,14,15). The second-order valence-corrected chi connectivity index (χ2v) is 5.07. The van der Waals surface area contributed by atoms with Crippen molar-refractivity contribution < 1.29 is 18.0 Å². The fourth-order valence-electron chi connectivity index (χ4n) is 1.41. The number of halogens is 3. The van der Waals surface area contributed by atoms with Gasteiger partial charge in [0.05, 0.1) is 6.54 Å². The quantitative estimate of drug-likeness (QED) is 0.775. The Kier molecular flexibility index (Phi) is 5.40. The van der Waals surface area contributed by atoms with Crippen LogP contribution in [0.5, 0.6) is 0 Å². The van der Waals surface area contributed by atoms with Gasteiger partial charge in [0.1, 0.15) is 6.54 Å². The molecule has 0 bridgehead atoms. The molecule has 0 spiro atoms. The molecule has 1 atom stereocenters. The molecule has 1 amide bonds. The number of hydrogen-bond donors (Lipinski definition) is 2. The summed E-state index contributed by atoms with van der Waals surface area (Å²) in [5, 5.41) is 5.17. The zero-order chi connectivity index (χ0) is 12.0. The van der Waals surface area contributed by atoms with Crippen LogP contribution in [0.1, 0.15) is 12.8 Å². The first-order chi connectivity index (χ1) is 7.47. The van der Waals surface area contributed by atoms with Crippen LogP contribution in [0.4, 0.5) is 13.2 Å². The summed E-state index contributed by atoms with van der Waals surface area (Å²) < 4.78 is 35.2. The Morgan fingerprint density at radius 2 is 2.19 bits per heavy atom. The van der Waals surface area contributed by atoms with E-state index in [4.69, 9.17) is 0 Å². The highest BCUT2D eigenvalue weighted by atomic mass is 32.2. The lowest BCUT2D eigenvalue weighted by Gasteiger charge is -2.11. The molecule has 1 fully saturated rings. The minimum atomic E-state index is -4.34. The van der Waals surface area contributed by atoms with Crippen molar-refractivity contribution in [2.45, 2.75) is 24.3 Å². The van der Waals surface area contributed by atoms with Gasteiger partial charge in [-0.2, -0.15) is 24.9 Å². The molecule has 94 valence electrons. The Morgan fingerprint density at radius 1 is 1.44 bits per heavy atom. The normalized spacial score (nSPS) is 21.1. The first-order valence-electron chi connectivity index (χ1n) is 5.13. The largest absolute Gasteiger partial charge is 0.405 e. The number of nitrogens with one attached hydrogen (secondary N) is 2. The van der Waals surface area contributed by atoms with E-state index in [1.165, 1.54) is 6.42 Å². The van der Waals surface area contributed by atoms with Gasteiger partial charge in [-0.3, -0.25) is 4.79 Å². The van der Waals surface area contributed by atoms with E-state index in [0.717, 1.165) is 12.2 Å². The Balaban J connectivity index is 2.01. The molecule has 1 rings (SSSR count). The fourth-order valence-corrected chi connectivity index (χ4v) is 2.65. The van der Waals surface area contributed by atoms with Crippen molar-refractivity contribution >= 4 is 17.7 Å². The number of carbonyl (C=O) groups is 1. The van der Waals surface area contributed by atoms with Gasteiger partial charge in [-0.1, -0.05) is 0 Å². The average Bonchev–Trinajstić information content (AvgIpc) is 2.66. The SMILES string of the molecule is O=C(CNCC1CCCS1)NCC(F)(F)F. The van der Waals surface area contributed by atoms with E-state index in [9.17, 15) is 18.0 Å². The Bertz CT molecular complexity index is 229. The second-order valence-electron chi connectivity index (χ2n) is 3.66. The van der Waals surface area contributed by atoms with Crippen LogP contribution in [0.3, 0.4) is 0 Å². The molecule has 1 aliphatic rings. The monoisotopic (exact) mass is 256 g/mol. The number of carbonyl (C=O) groups excluding carboxylic acids is 1. The summed E-state index contributed by atoms with van der Waals surface area (Å²) in [5.74, 6) is 0.521. The maximum absolute atomic E-state index is 11.7. The molecule has 1 saturated heterocycles. The molecule has 2 N–H and O–H groups in total. The number of rotatable bonds is 5. The van der Waals surface area contributed by atoms with Gasteiger partial charge in [-0.05, 0) is 18.6 Å². The Labute approximate surface area is 96.5 Å². The molecule has 0 aromatic rings. The predicted octanol–water partition coefficient (Wildman–Crippen LogP) is 1.15. The van der Waals surface area contributed by atoms with Gasteiger partial charge < -0.3 is 10.6 Å². The highest BCUT2D eigenvalue weighted by molar-refractivity contribution is 8.00. The summed E-state index contributed by atoms with van der Waals surface area (Å²) in [5.41, 5.74) is 0. The minimum Gasteiger partial charge on any atom is -0.346 e. The van der Waals surface area contributed by atoms with Crippen LogP contribution < -0.4 is 10.6 Å². The molecular formula is C9H15F3N2OS. The summed E-state index contributed by atoms with van der Waals surface area (Å²) in [7, 11) is 0. The molecule has 1 unspecified atom stereocenters. The van der Waals surface area contributed by atoms with Crippen LogP contribution in [-0.4, -0.2) is 42.7 Å². The number of amides is 1.